The number of aromatic amines is 1. The first-order valence-corrected chi connectivity index (χ1v) is 10.0. The summed E-state index contributed by atoms with van der Waals surface area (Å²) in [5, 5.41) is 7.02. The molecule has 3 rings (SSSR count). The minimum absolute atomic E-state index is 0.375. The number of benzene rings is 1. The predicted octanol–water partition coefficient (Wildman–Crippen LogP) is 6.23. The molecule has 3 aromatic rings. The second-order valence-electron chi connectivity index (χ2n) is 7.15. The lowest BCUT2D eigenvalue weighted by atomic mass is 9.88. The quantitative estimate of drug-likeness (QED) is 0.532. The molecule has 0 spiro atoms. The lowest BCUT2D eigenvalue weighted by Crippen LogP contribution is -2.06. The van der Waals surface area contributed by atoms with Crippen molar-refractivity contribution in [1.82, 2.24) is 10.2 Å². The highest BCUT2D eigenvalue weighted by Crippen LogP contribution is 2.26. The molecule has 0 amide bonds. The van der Waals surface area contributed by atoms with E-state index in [0.29, 0.717) is 24.5 Å². The van der Waals surface area contributed by atoms with Crippen LogP contribution < -0.4 is 0 Å². The fraction of sp³-hybridized carbons (Fsp3) is 0.360. The van der Waals surface area contributed by atoms with Crippen LogP contribution in [0.3, 0.4) is 0 Å². The number of hydrogen-bond acceptors (Lipinski definition) is 2. The maximum atomic E-state index is 11.6. The second kappa shape index (κ2) is 11.1. The van der Waals surface area contributed by atoms with Crippen LogP contribution in [0, 0.1) is 26.0 Å². The van der Waals surface area contributed by atoms with Gasteiger partial charge >= 0.3 is 0 Å². The zero-order valence-electron chi connectivity index (χ0n) is 17.4. The van der Waals surface area contributed by atoms with Crippen molar-refractivity contribution in [3.05, 3.63) is 77.5 Å². The van der Waals surface area contributed by atoms with E-state index < -0.39 is 0 Å². The van der Waals surface area contributed by atoms with Gasteiger partial charge in [0, 0.05) is 24.1 Å². The maximum Gasteiger partial charge on any atom is 0.133 e. The second-order valence-corrected chi connectivity index (χ2v) is 7.15. The van der Waals surface area contributed by atoms with Gasteiger partial charge in [-0.25, -0.2) is 0 Å². The van der Waals surface area contributed by atoms with Crippen LogP contribution in [0.4, 0.5) is 0 Å². The minimum Gasteiger partial charge on any atom is -0.300 e. The first kappa shape index (κ1) is 21.4. The molecule has 3 nitrogen and oxygen atoms in total. The smallest absolute Gasteiger partial charge is 0.133 e. The number of nitrogens with one attached hydrogen (secondary N) is 1. The van der Waals surface area contributed by atoms with Gasteiger partial charge in [-0.1, -0.05) is 62.2 Å². The molecule has 1 unspecified atom stereocenters. The molecule has 0 aliphatic rings. The fourth-order valence-electron chi connectivity index (χ4n) is 3.15. The fourth-order valence-corrected chi connectivity index (χ4v) is 3.15. The van der Waals surface area contributed by atoms with Crippen molar-refractivity contribution in [2.24, 2.45) is 0 Å². The number of carbonyl (C=O) groups excluding carboxylic acids is 1. The average Bonchev–Trinajstić information content (AvgIpc) is 3.15. The first-order chi connectivity index (χ1) is 13.5. The summed E-state index contributed by atoms with van der Waals surface area (Å²) < 4.78 is 0. The van der Waals surface area contributed by atoms with E-state index >= 15 is 0 Å². The summed E-state index contributed by atoms with van der Waals surface area (Å²) in [7, 11) is 0. The van der Waals surface area contributed by atoms with Gasteiger partial charge in [-0.05, 0) is 56.0 Å². The Bertz CT molecular complexity index is 852. The summed E-state index contributed by atoms with van der Waals surface area (Å²) in [6, 6.07) is 22.0. The van der Waals surface area contributed by atoms with Crippen LogP contribution in [0.2, 0.25) is 0 Å². The zero-order chi connectivity index (χ0) is 20.4. The maximum absolute atomic E-state index is 11.6. The zero-order valence-corrected chi connectivity index (χ0v) is 17.4. The van der Waals surface area contributed by atoms with Crippen LogP contribution >= 0.6 is 0 Å². The minimum atomic E-state index is 0.375. The van der Waals surface area contributed by atoms with Crippen LogP contribution in [0.5, 0.6) is 0 Å². The van der Waals surface area contributed by atoms with Crippen molar-refractivity contribution < 1.29 is 4.79 Å². The van der Waals surface area contributed by atoms with Gasteiger partial charge in [0.1, 0.15) is 5.78 Å². The number of rotatable bonds is 7. The highest BCUT2D eigenvalue weighted by Gasteiger charge is 2.14. The number of hydrogen-bond donors (Lipinski definition) is 1. The molecule has 0 saturated carbocycles. The number of Topliss-reactive ketones (excluding diaryl/α,β-unsaturated/α-hetero) is 1. The molecule has 0 aliphatic carbocycles. The molecule has 0 saturated heterocycles. The van der Waals surface area contributed by atoms with Gasteiger partial charge in [-0.2, -0.15) is 5.10 Å². The molecule has 3 heteroatoms. The molecular formula is C25H30N2O. The van der Waals surface area contributed by atoms with Gasteiger partial charge in [-0.3, -0.25) is 9.89 Å². The number of ketones is 1. The molecule has 28 heavy (non-hydrogen) atoms. The highest BCUT2D eigenvalue weighted by atomic mass is 16.1. The molecule has 0 radical (unpaired) electrons. The van der Waals surface area contributed by atoms with Crippen LogP contribution in [-0.4, -0.2) is 16.0 Å². The van der Waals surface area contributed by atoms with E-state index in [1.165, 1.54) is 11.1 Å². The number of aromatic nitrogens is 2. The Labute approximate surface area is 169 Å². The third kappa shape index (κ3) is 6.70. The summed E-state index contributed by atoms with van der Waals surface area (Å²) in [5.41, 5.74) is 5.69. The monoisotopic (exact) mass is 374 g/mol. The summed E-state index contributed by atoms with van der Waals surface area (Å²) in [5.74, 6) is 0.789. The molecule has 1 N–H and O–H groups in total. The summed E-state index contributed by atoms with van der Waals surface area (Å²) >= 11 is 0. The topological polar surface area (TPSA) is 45.8 Å². The van der Waals surface area contributed by atoms with Crippen molar-refractivity contribution in [1.29, 1.82) is 0 Å². The van der Waals surface area contributed by atoms with Crippen molar-refractivity contribution in [3.63, 3.8) is 0 Å². The lowest BCUT2D eigenvalue weighted by Gasteiger charge is -2.16. The van der Waals surface area contributed by atoms with E-state index in [0.717, 1.165) is 29.8 Å². The van der Waals surface area contributed by atoms with Crippen LogP contribution in [-0.2, 0) is 4.79 Å². The Morgan fingerprint density at radius 2 is 1.96 bits per heavy atom. The molecule has 1 atom stereocenters. The van der Waals surface area contributed by atoms with E-state index in [1.54, 1.807) is 0 Å². The van der Waals surface area contributed by atoms with Gasteiger partial charge in [0.05, 0.1) is 5.69 Å². The normalized spacial score (nSPS) is 11.1. The third-order valence-electron chi connectivity index (χ3n) is 4.68. The Kier molecular flexibility index (Phi) is 8.49. The number of H-pyrrole nitrogens is 1. The van der Waals surface area contributed by atoms with Gasteiger partial charge in [0.25, 0.3) is 0 Å². The standard InChI is InChI=1S/C15H22O.C10H8N2/c1-4-7-13(11-15(16)5-2)14-9-6-8-12(3)10-14;1-8-7-10(12-11-8)9-5-3-2-4-6-9/h6,8-10,13H,4-5,7,11H2,1-3H3;3,5-7H,1H3,(H,11,12). The SMILES string of the molecule is CCCC(CC(=O)CC)c1cccc(C)c1.Cc1cc(-c2cc#ccc2)n[nH]1. The van der Waals surface area contributed by atoms with Gasteiger partial charge in [0.15, 0.2) is 0 Å². The molecule has 2 aromatic carbocycles. The predicted molar refractivity (Wildman–Crippen MR) is 115 cm³/mol. The highest BCUT2D eigenvalue weighted by molar-refractivity contribution is 5.78. The summed E-state index contributed by atoms with van der Waals surface area (Å²) in [6.45, 7) is 8.21. The Balaban J connectivity index is 0.000000207. The third-order valence-corrected chi connectivity index (χ3v) is 4.68. The van der Waals surface area contributed by atoms with Gasteiger partial charge < -0.3 is 0 Å². The van der Waals surface area contributed by atoms with E-state index in [9.17, 15) is 4.79 Å². The number of aryl methyl sites for hydroxylation is 2. The van der Waals surface area contributed by atoms with E-state index in [2.05, 4.69) is 60.4 Å². The average molecular weight is 375 g/mol. The van der Waals surface area contributed by atoms with Crippen molar-refractivity contribution >= 4 is 5.78 Å². The lowest BCUT2D eigenvalue weighted by molar-refractivity contribution is -0.119. The molecule has 0 bridgehead atoms. The van der Waals surface area contributed by atoms with Crippen molar-refractivity contribution in [2.75, 3.05) is 0 Å². The van der Waals surface area contributed by atoms with E-state index in [-0.39, 0.29) is 0 Å². The number of nitrogens with zero attached hydrogens (tertiary/aromatic N) is 1. The molecule has 0 aliphatic heterocycles. The largest absolute Gasteiger partial charge is 0.300 e. The Hall–Kier alpha value is -2.86. The van der Waals surface area contributed by atoms with Gasteiger partial charge in [0.2, 0.25) is 0 Å². The van der Waals surface area contributed by atoms with Gasteiger partial charge in [-0.15, -0.1) is 0 Å². The van der Waals surface area contributed by atoms with Crippen molar-refractivity contribution in [2.45, 2.75) is 59.3 Å². The molecule has 0 fully saturated rings. The van der Waals surface area contributed by atoms with Crippen LogP contribution in [0.1, 0.15) is 62.3 Å². The van der Waals surface area contributed by atoms with Crippen LogP contribution in [0.25, 0.3) is 11.3 Å². The Morgan fingerprint density at radius 1 is 1.14 bits per heavy atom. The van der Waals surface area contributed by atoms with E-state index in [1.807, 2.05) is 38.1 Å². The molecular weight excluding hydrogens is 344 g/mol. The summed E-state index contributed by atoms with van der Waals surface area (Å²) in [6.07, 6.45) is 3.60. The first-order valence-electron chi connectivity index (χ1n) is 10.0. The van der Waals surface area contributed by atoms with Crippen molar-refractivity contribution in [3.8, 4) is 11.3 Å². The number of carbonyl (C=O) groups is 1. The molecule has 1 heterocycles. The van der Waals surface area contributed by atoms with E-state index in [4.69, 9.17) is 0 Å². The molecule has 1 aromatic heterocycles. The van der Waals surface area contributed by atoms with Crippen LogP contribution in [0.15, 0.2) is 48.5 Å². The molecule has 146 valence electrons. The summed E-state index contributed by atoms with van der Waals surface area (Å²) in [4.78, 5) is 11.6. The Morgan fingerprint density at radius 3 is 2.54 bits per heavy atom.